The molecule has 2 aliphatic heterocycles. The summed E-state index contributed by atoms with van der Waals surface area (Å²) in [4.78, 5) is 2.20. The molecule has 2 aliphatic rings. The molecule has 0 saturated carbocycles. The van der Waals surface area contributed by atoms with Gasteiger partial charge in [-0.25, -0.2) is 4.68 Å². The van der Waals surface area contributed by atoms with E-state index in [-0.39, 0.29) is 28.7 Å². The molecule has 0 aliphatic carbocycles. The second-order valence-electron chi connectivity index (χ2n) is 14.7. The molecule has 14 heteroatoms. The zero-order valence-corrected chi connectivity index (χ0v) is 30.4. The summed E-state index contributed by atoms with van der Waals surface area (Å²) in [5, 5.41) is 55.7. The van der Waals surface area contributed by atoms with Crippen LogP contribution >= 0.6 is 0 Å². The topological polar surface area (TPSA) is 175 Å². The minimum absolute atomic E-state index is 0.00229. The maximum Gasteiger partial charge on any atom is 0.233 e. The zero-order chi connectivity index (χ0) is 37.0. The maximum atomic E-state index is 10.5. The van der Waals surface area contributed by atoms with Crippen LogP contribution in [0.5, 0.6) is 17.4 Å². The van der Waals surface area contributed by atoms with Gasteiger partial charge in [-0.05, 0) is 81.8 Å². The third kappa shape index (κ3) is 8.62. The van der Waals surface area contributed by atoms with Gasteiger partial charge in [0.15, 0.2) is 5.82 Å². The maximum absolute atomic E-state index is 10.5. The number of phenols is 2. The summed E-state index contributed by atoms with van der Waals surface area (Å²) in [6.07, 6.45) is 8.89. The first-order valence-electron chi connectivity index (χ1n) is 17.8. The number of aromatic amines is 1. The second kappa shape index (κ2) is 15.0. The molecule has 2 saturated heterocycles. The van der Waals surface area contributed by atoms with Crippen LogP contribution in [0.25, 0.3) is 39.3 Å². The van der Waals surface area contributed by atoms with Gasteiger partial charge >= 0.3 is 0 Å². The standard InChI is InChI=1S/C22H27N5O2.C17H18N6O/c1-21(2)10-16(11-22(3,4)27-21)29-20-8-7-18(25-26-20)17-6-5-14(9-19(17)28)15-12-23-24-13-15;24-16-12-13(23-9-1-6-19-23)2-3-14(16)15-4-5-17(21-20-15)22-10-7-18-8-11-22/h5-9,12-13,16,27-28H,10-11H2,1-4H3,(H,23,24);1-6,9,12,18,24H,7-8,10-11H2. The Balaban J connectivity index is 0.000000167. The predicted octanol–water partition coefficient (Wildman–Crippen LogP) is 5.37. The van der Waals surface area contributed by atoms with E-state index >= 15 is 0 Å². The Morgan fingerprint density at radius 3 is 2.06 bits per heavy atom. The molecule has 0 unspecified atom stereocenters. The van der Waals surface area contributed by atoms with Gasteiger partial charge in [0.05, 0.1) is 23.3 Å². The van der Waals surface area contributed by atoms with Gasteiger partial charge in [0.2, 0.25) is 5.88 Å². The minimum Gasteiger partial charge on any atom is -0.507 e. The Kier molecular flexibility index (Phi) is 10.1. The zero-order valence-electron chi connectivity index (χ0n) is 30.4. The number of piperidine rings is 1. The fourth-order valence-electron chi connectivity index (χ4n) is 7.18. The van der Waals surface area contributed by atoms with E-state index in [1.54, 1.807) is 35.4 Å². The monoisotopic (exact) mass is 715 g/mol. The van der Waals surface area contributed by atoms with E-state index in [4.69, 9.17) is 4.74 Å². The number of ether oxygens (including phenoxy) is 1. The average molecular weight is 716 g/mol. The van der Waals surface area contributed by atoms with E-state index in [2.05, 4.69) is 78.9 Å². The minimum atomic E-state index is 0.00229. The van der Waals surface area contributed by atoms with Gasteiger partial charge in [0, 0.05) is 97.5 Å². The molecule has 2 fully saturated rings. The van der Waals surface area contributed by atoms with Crippen molar-refractivity contribution in [3.63, 3.8) is 0 Å². The van der Waals surface area contributed by atoms with Crippen LogP contribution in [0, 0.1) is 0 Å². The molecule has 0 atom stereocenters. The number of nitrogens with one attached hydrogen (secondary N) is 3. The van der Waals surface area contributed by atoms with Crippen LogP contribution in [0.2, 0.25) is 0 Å². The highest BCUT2D eigenvalue weighted by atomic mass is 16.5. The largest absolute Gasteiger partial charge is 0.507 e. The number of H-pyrrole nitrogens is 1. The van der Waals surface area contributed by atoms with Crippen LogP contribution in [0.15, 0.2) is 91.5 Å². The van der Waals surface area contributed by atoms with Crippen molar-refractivity contribution in [3.8, 4) is 56.7 Å². The average Bonchev–Trinajstić information content (AvgIpc) is 3.88. The van der Waals surface area contributed by atoms with E-state index in [0.29, 0.717) is 28.4 Å². The van der Waals surface area contributed by atoms with Crippen LogP contribution in [0.3, 0.4) is 0 Å². The van der Waals surface area contributed by atoms with Crippen molar-refractivity contribution in [3.05, 3.63) is 91.5 Å². The van der Waals surface area contributed by atoms with Crippen LogP contribution in [-0.2, 0) is 0 Å². The lowest BCUT2D eigenvalue weighted by Gasteiger charge is -2.46. The molecule has 274 valence electrons. The van der Waals surface area contributed by atoms with Crippen molar-refractivity contribution in [1.29, 1.82) is 0 Å². The van der Waals surface area contributed by atoms with Crippen molar-refractivity contribution < 1.29 is 14.9 Å². The smallest absolute Gasteiger partial charge is 0.233 e. The van der Waals surface area contributed by atoms with Gasteiger partial charge in [0.1, 0.15) is 17.6 Å². The Labute approximate surface area is 308 Å². The number of aromatic hydroxyl groups is 2. The normalized spacial score (nSPS) is 16.8. The first kappa shape index (κ1) is 35.5. The van der Waals surface area contributed by atoms with Crippen molar-refractivity contribution in [2.45, 2.75) is 57.7 Å². The molecule has 4 aromatic heterocycles. The molecule has 5 N–H and O–H groups in total. The Hall–Kier alpha value is -5.86. The number of benzene rings is 2. The van der Waals surface area contributed by atoms with Crippen molar-refractivity contribution in [1.82, 2.24) is 51.0 Å². The third-order valence-electron chi connectivity index (χ3n) is 9.30. The van der Waals surface area contributed by atoms with E-state index in [1.165, 1.54) is 0 Å². The molecule has 0 bridgehead atoms. The van der Waals surface area contributed by atoms with Gasteiger partial charge in [-0.1, -0.05) is 6.07 Å². The molecule has 2 aromatic carbocycles. The molecule has 0 amide bonds. The van der Waals surface area contributed by atoms with Gasteiger partial charge in [0.25, 0.3) is 0 Å². The summed E-state index contributed by atoms with van der Waals surface area (Å²) in [7, 11) is 0. The number of anilines is 1. The van der Waals surface area contributed by atoms with Gasteiger partial charge < -0.3 is 30.5 Å². The Morgan fingerprint density at radius 1 is 0.774 bits per heavy atom. The highest BCUT2D eigenvalue weighted by molar-refractivity contribution is 5.73. The molecule has 14 nitrogen and oxygen atoms in total. The predicted molar refractivity (Wildman–Crippen MR) is 203 cm³/mol. The van der Waals surface area contributed by atoms with Crippen molar-refractivity contribution >= 4 is 5.82 Å². The summed E-state index contributed by atoms with van der Waals surface area (Å²) in [5.74, 6) is 1.68. The SMILES string of the molecule is CC1(C)CC(Oc2ccc(-c3ccc(-c4cn[nH]c4)cc3O)nn2)CC(C)(C)N1.Oc1cc(-n2cccn2)ccc1-c1ccc(N2CCNCC2)nn1. The molecule has 8 rings (SSSR count). The molecule has 0 spiro atoms. The quantitative estimate of drug-likeness (QED) is 0.143. The summed E-state index contributed by atoms with van der Waals surface area (Å²) in [6.45, 7) is 12.5. The summed E-state index contributed by atoms with van der Waals surface area (Å²) in [6, 6.07) is 20.2. The van der Waals surface area contributed by atoms with E-state index in [9.17, 15) is 10.2 Å². The van der Waals surface area contributed by atoms with Crippen molar-refractivity contribution in [2.75, 3.05) is 31.1 Å². The Morgan fingerprint density at radius 2 is 1.47 bits per heavy atom. The van der Waals surface area contributed by atoms with Crippen LogP contribution in [-0.4, -0.2) is 93.9 Å². The Bertz CT molecular complexity index is 2080. The fraction of sp³-hybridized carbons (Fsp3) is 0.333. The number of piperazine rings is 1. The van der Waals surface area contributed by atoms with Crippen molar-refractivity contribution in [2.24, 2.45) is 0 Å². The van der Waals surface area contributed by atoms with E-state index in [0.717, 1.165) is 61.7 Å². The second-order valence-corrected chi connectivity index (χ2v) is 14.7. The highest BCUT2D eigenvalue weighted by Gasteiger charge is 2.39. The van der Waals surface area contributed by atoms with E-state index in [1.807, 2.05) is 60.8 Å². The fourth-order valence-corrected chi connectivity index (χ4v) is 7.18. The first-order chi connectivity index (χ1) is 25.5. The number of rotatable bonds is 7. The lowest BCUT2D eigenvalue weighted by atomic mass is 9.81. The van der Waals surface area contributed by atoms with Gasteiger partial charge in [-0.15, -0.1) is 20.4 Å². The lowest BCUT2D eigenvalue weighted by molar-refractivity contribution is 0.0524. The summed E-state index contributed by atoms with van der Waals surface area (Å²) >= 11 is 0. The number of aromatic nitrogens is 8. The molecule has 6 aromatic rings. The first-order valence-corrected chi connectivity index (χ1v) is 17.8. The molecule has 0 radical (unpaired) electrons. The van der Waals surface area contributed by atoms with Gasteiger partial charge in [-0.3, -0.25) is 5.10 Å². The highest BCUT2D eigenvalue weighted by Crippen LogP contribution is 2.34. The molecule has 6 heterocycles. The number of nitrogens with zero attached hydrogens (tertiary/aromatic N) is 8. The molecular formula is C39H45N11O3. The van der Waals surface area contributed by atoms with Crippen LogP contribution in [0.1, 0.15) is 40.5 Å². The van der Waals surface area contributed by atoms with Gasteiger partial charge in [-0.2, -0.15) is 10.2 Å². The van der Waals surface area contributed by atoms with Crippen LogP contribution in [0.4, 0.5) is 5.82 Å². The number of hydrogen-bond acceptors (Lipinski definition) is 12. The molecular weight excluding hydrogens is 671 g/mol. The number of phenolic OH excluding ortho intramolecular Hbond substituents is 2. The summed E-state index contributed by atoms with van der Waals surface area (Å²) in [5.41, 5.74) is 5.12. The van der Waals surface area contributed by atoms with E-state index < -0.39 is 0 Å². The number of hydrogen-bond donors (Lipinski definition) is 5. The third-order valence-corrected chi connectivity index (χ3v) is 9.30. The lowest BCUT2D eigenvalue weighted by Crippen LogP contribution is -2.60. The summed E-state index contributed by atoms with van der Waals surface area (Å²) < 4.78 is 7.83. The van der Waals surface area contributed by atoms with Crippen LogP contribution < -0.4 is 20.3 Å². The molecule has 53 heavy (non-hydrogen) atoms.